The van der Waals surface area contributed by atoms with Gasteiger partial charge in [-0.05, 0) is 30.7 Å². The number of hydrogen-bond acceptors (Lipinski definition) is 4. The standard InChI is InChI=1S/C20H15BrCl2N2O3/c1-12-18(19(23)25(24-12)10-14-4-2-3-5-16(14)22)20(27)28-11-17(26)13-6-8-15(21)9-7-13/h2-9H,10-11H2,1H3. The van der Waals surface area contributed by atoms with Gasteiger partial charge in [-0.2, -0.15) is 5.10 Å². The van der Waals surface area contributed by atoms with Crippen molar-refractivity contribution >= 4 is 50.9 Å². The molecule has 0 aliphatic carbocycles. The molecule has 0 aliphatic heterocycles. The van der Waals surface area contributed by atoms with E-state index in [0.29, 0.717) is 22.8 Å². The van der Waals surface area contributed by atoms with Gasteiger partial charge >= 0.3 is 5.97 Å². The molecule has 0 N–H and O–H groups in total. The van der Waals surface area contributed by atoms with E-state index in [2.05, 4.69) is 21.0 Å². The Morgan fingerprint density at radius 2 is 1.79 bits per heavy atom. The molecule has 28 heavy (non-hydrogen) atoms. The van der Waals surface area contributed by atoms with Gasteiger partial charge in [0.25, 0.3) is 0 Å². The van der Waals surface area contributed by atoms with Crippen LogP contribution in [0.1, 0.15) is 32.0 Å². The van der Waals surface area contributed by atoms with E-state index in [1.165, 1.54) is 4.68 Å². The third-order valence-corrected chi connectivity index (χ3v) is 5.33. The van der Waals surface area contributed by atoms with E-state index in [-0.39, 0.29) is 23.1 Å². The lowest BCUT2D eigenvalue weighted by atomic mass is 10.1. The summed E-state index contributed by atoms with van der Waals surface area (Å²) in [5.41, 5.74) is 1.82. The van der Waals surface area contributed by atoms with Crippen LogP contribution in [0.25, 0.3) is 0 Å². The molecule has 3 aromatic rings. The van der Waals surface area contributed by atoms with Gasteiger partial charge in [0.2, 0.25) is 0 Å². The Morgan fingerprint density at radius 3 is 2.46 bits per heavy atom. The number of hydrogen-bond donors (Lipinski definition) is 0. The van der Waals surface area contributed by atoms with Crippen molar-refractivity contribution in [2.24, 2.45) is 0 Å². The average molecular weight is 482 g/mol. The molecule has 5 nitrogen and oxygen atoms in total. The highest BCUT2D eigenvalue weighted by molar-refractivity contribution is 9.10. The van der Waals surface area contributed by atoms with E-state index in [1.807, 2.05) is 18.2 Å². The average Bonchev–Trinajstić information content (AvgIpc) is 2.95. The number of aromatic nitrogens is 2. The number of ether oxygens (including phenoxy) is 1. The molecule has 0 radical (unpaired) electrons. The zero-order chi connectivity index (χ0) is 20.3. The molecule has 2 aromatic carbocycles. The molecule has 144 valence electrons. The van der Waals surface area contributed by atoms with Crippen molar-refractivity contribution in [3.63, 3.8) is 0 Å². The van der Waals surface area contributed by atoms with Gasteiger partial charge in [-0.15, -0.1) is 0 Å². The minimum atomic E-state index is -0.696. The molecular weight excluding hydrogens is 467 g/mol. The van der Waals surface area contributed by atoms with Crippen LogP contribution in [-0.2, 0) is 11.3 Å². The fourth-order valence-corrected chi connectivity index (χ4v) is 3.37. The van der Waals surface area contributed by atoms with Crippen LogP contribution >= 0.6 is 39.1 Å². The lowest BCUT2D eigenvalue weighted by Crippen LogP contribution is -2.15. The summed E-state index contributed by atoms with van der Waals surface area (Å²) < 4.78 is 7.49. The van der Waals surface area contributed by atoms with E-state index in [4.69, 9.17) is 27.9 Å². The molecule has 1 heterocycles. The van der Waals surface area contributed by atoms with Crippen LogP contribution in [0.2, 0.25) is 10.2 Å². The number of esters is 1. The molecular formula is C20H15BrCl2N2O3. The first kappa shape index (κ1) is 20.6. The number of Topliss-reactive ketones (excluding diaryl/α,β-unsaturated/α-hetero) is 1. The molecule has 3 rings (SSSR count). The van der Waals surface area contributed by atoms with Crippen LogP contribution in [0.4, 0.5) is 0 Å². The van der Waals surface area contributed by atoms with E-state index in [0.717, 1.165) is 10.0 Å². The van der Waals surface area contributed by atoms with Crippen LogP contribution in [0.15, 0.2) is 53.0 Å². The molecule has 1 aromatic heterocycles. The summed E-state index contributed by atoms with van der Waals surface area (Å²) >= 11 is 15.8. The zero-order valence-electron chi connectivity index (χ0n) is 14.8. The summed E-state index contributed by atoms with van der Waals surface area (Å²) in [5.74, 6) is -1.00. The highest BCUT2D eigenvalue weighted by atomic mass is 79.9. The van der Waals surface area contributed by atoms with Crippen molar-refractivity contribution in [2.45, 2.75) is 13.5 Å². The van der Waals surface area contributed by atoms with Gasteiger partial charge in [0.05, 0.1) is 12.2 Å². The van der Waals surface area contributed by atoms with E-state index >= 15 is 0 Å². The lowest BCUT2D eigenvalue weighted by molar-refractivity contribution is 0.0474. The second kappa shape index (κ2) is 8.90. The van der Waals surface area contributed by atoms with Crippen LogP contribution in [0.3, 0.4) is 0 Å². The van der Waals surface area contributed by atoms with Crippen molar-refractivity contribution in [3.8, 4) is 0 Å². The highest BCUT2D eigenvalue weighted by Crippen LogP contribution is 2.24. The van der Waals surface area contributed by atoms with Crippen LogP contribution in [0, 0.1) is 6.92 Å². The molecule has 0 aliphatic rings. The van der Waals surface area contributed by atoms with Crippen molar-refractivity contribution < 1.29 is 14.3 Å². The normalized spacial score (nSPS) is 10.7. The predicted molar refractivity (Wildman–Crippen MR) is 111 cm³/mol. The molecule has 0 spiro atoms. The summed E-state index contributed by atoms with van der Waals surface area (Å²) in [6.07, 6.45) is 0. The summed E-state index contributed by atoms with van der Waals surface area (Å²) in [6.45, 7) is 1.58. The van der Waals surface area contributed by atoms with Crippen LogP contribution in [0.5, 0.6) is 0 Å². The Bertz CT molecular complexity index is 1030. The van der Waals surface area contributed by atoms with Crippen LogP contribution < -0.4 is 0 Å². The van der Waals surface area contributed by atoms with E-state index < -0.39 is 5.97 Å². The number of carbonyl (C=O) groups is 2. The molecule has 0 saturated carbocycles. The second-order valence-electron chi connectivity index (χ2n) is 6.01. The number of carbonyl (C=O) groups excluding carboxylic acids is 2. The Kier molecular flexibility index (Phi) is 6.54. The van der Waals surface area contributed by atoms with Gasteiger partial charge in [0, 0.05) is 15.1 Å². The largest absolute Gasteiger partial charge is 0.454 e. The van der Waals surface area contributed by atoms with E-state index in [1.54, 1.807) is 37.3 Å². The first-order valence-electron chi connectivity index (χ1n) is 8.29. The van der Waals surface area contributed by atoms with Gasteiger partial charge in [0.15, 0.2) is 12.4 Å². The fourth-order valence-electron chi connectivity index (χ4n) is 2.60. The van der Waals surface area contributed by atoms with Crippen molar-refractivity contribution in [1.82, 2.24) is 9.78 Å². The SMILES string of the molecule is Cc1nn(Cc2ccccc2Cl)c(Cl)c1C(=O)OCC(=O)c1ccc(Br)cc1. The summed E-state index contributed by atoms with van der Waals surface area (Å²) in [6, 6.07) is 14.1. The van der Waals surface area contributed by atoms with Crippen molar-refractivity contribution in [3.05, 3.63) is 85.6 Å². The molecule has 0 bridgehead atoms. The van der Waals surface area contributed by atoms with Crippen LogP contribution in [-0.4, -0.2) is 28.1 Å². The third-order valence-electron chi connectivity index (χ3n) is 4.05. The summed E-state index contributed by atoms with van der Waals surface area (Å²) in [4.78, 5) is 24.6. The molecule has 0 fully saturated rings. The van der Waals surface area contributed by atoms with Gasteiger partial charge < -0.3 is 4.74 Å². The maximum absolute atomic E-state index is 12.5. The number of nitrogens with zero attached hydrogens (tertiary/aromatic N) is 2. The number of benzene rings is 2. The van der Waals surface area contributed by atoms with Gasteiger partial charge in [-0.3, -0.25) is 4.79 Å². The number of ketones is 1. The zero-order valence-corrected chi connectivity index (χ0v) is 17.9. The number of rotatable bonds is 6. The number of aryl methyl sites for hydroxylation is 1. The quantitative estimate of drug-likeness (QED) is 0.351. The third kappa shape index (κ3) is 4.63. The first-order chi connectivity index (χ1) is 13.4. The Balaban J connectivity index is 1.72. The van der Waals surface area contributed by atoms with Crippen molar-refractivity contribution in [2.75, 3.05) is 6.61 Å². The molecule has 0 saturated heterocycles. The van der Waals surface area contributed by atoms with E-state index in [9.17, 15) is 9.59 Å². The van der Waals surface area contributed by atoms with Gasteiger partial charge in [-0.25, -0.2) is 9.48 Å². The summed E-state index contributed by atoms with van der Waals surface area (Å²) in [5, 5.41) is 5.01. The van der Waals surface area contributed by atoms with Gasteiger partial charge in [-0.1, -0.05) is 69.5 Å². The maximum atomic E-state index is 12.5. The Hall–Kier alpha value is -2.15. The monoisotopic (exact) mass is 480 g/mol. The molecule has 0 atom stereocenters. The number of halogens is 3. The maximum Gasteiger partial charge on any atom is 0.343 e. The molecule has 0 amide bonds. The van der Waals surface area contributed by atoms with Crippen molar-refractivity contribution in [1.29, 1.82) is 0 Å². The Morgan fingerprint density at radius 1 is 1.11 bits per heavy atom. The smallest absolute Gasteiger partial charge is 0.343 e. The highest BCUT2D eigenvalue weighted by Gasteiger charge is 2.23. The topological polar surface area (TPSA) is 61.2 Å². The Labute approximate surface area is 180 Å². The lowest BCUT2D eigenvalue weighted by Gasteiger charge is -2.06. The molecule has 8 heteroatoms. The fraction of sp³-hybridized carbons (Fsp3) is 0.150. The predicted octanol–water partition coefficient (Wildman–Crippen LogP) is 5.35. The summed E-state index contributed by atoms with van der Waals surface area (Å²) in [7, 11) is 0. The first-order valence-corrected chi connectivity index (χ1v) is 9.84. The minimum absolute atomic E-state index is 0.136. The second-order valence-corrected chi connectivity index (χ2v) is 7.69. The van der Waals surface area contributed by atoms with Gasteiger partial charge in [0.1, 0.15) is 10.7 Å². The molecule has 0 unspecified atom stereocenters. The minimum Gasteiger partial charge on any atom is -0.454 e.